The van der Waals surface area contributed by atoms with Crippen molar-refractivity contribution >= 4 is 21.6 Å². The molecule has 0 bridgehead atoms. The molecule has 5 heteroatoms. The van der Waals surface area contributed by atoms with Crippen molar-refractivity contribution < 1.29 is 4.39 Å². The molecule has 0 saturated carbocycles. The topological polar surface area (TPSA) is 29.9 Å². The average molecular weight is 340 g/mol. The van der Waals surface area contributed by atoms with E-state index in [0.717, 1.165) is 28.0 Å². The lowest BCUT2D eigenvalue weighted by Crippen LogP contribution is -2.11. The summed E-state index contributed by atoms with van der Waals surface area (Å²) < 4.78 is 16.6. The first kappa shape index (κ1) is 15.0. The van der Waals surface area contributed by atoms with Crippen LogP contribution in [0.2, 0.25) is 0 Å². The fourth-order valence-corrected chi connectivity index (χ4v) is 3.03. The van der Waals surface area contributed by atoms with Crippen LogP contribution in [0, 0.1) is 19.7 Å². The number of rotatable bonds is 4. The number of aromatic nitrogens is 2. The highest BCUT2D eigenvalue weighted by molar-refractivity contribution is 9.10. The van der Waals surface area contributed by atoms with E-state index in [1.807, 2.05) is 31.5 Å². The maximum atomic E-state index is 13.9. The van der Waals surface area contributed by atoms with E-state index >= 15 is 0 Å². The van der Waals surface area contributed by atoms with Gasteiger partial charge in [-0.3, -0.25) is 4.68 Å². The number of anilines is 1. The fourth-order valence-electron chi connectivity index (χ4n) is 2.57. The van der Waals surface area contributed by atoms with Crippen LogP contribution in [0.5, 0.6) is 0 Å². The molecule has 0 fully saturated rings. The summed E-state index contributed by atoms with van der Waals surface area (Å²) in [6, 6.07) is 4.95. The van der Waals surface area contributed by atoms with Crippen LogP contribution in [0.25, 0.3) is 0 Å². The molecule has 0 aliphatic heterocycles. The summed E-state index contributed by atoms with van der Waals surface area (Å²) in [6.07, 6.45) is 0. The maximum absolute atomic E-state index is 13.9. The Hall–Kier alpha value is -1.36. The highest BCUT2D eigenvalue weighted by atomic mass is 79.9. The lowest BCUT2D eigenvalue weighted by molar-refractivity contribution is 0.625. The van der Waals surface area contributed by atoms with Crippen molar-refractivity contribution in [2.75, 3.05) is 5.32 Å². The van der Waals surface area contributed by atoms with Crippen LogP contribution in [0.1, 0.15) is 36.8 Å². The van der Waals surface area contributed by atoms with Crippen LogP contribution >= 0.6 is 15.9 Å². The van der Waals surface area contributed by atoms with Gasteiger partial charge >= 0.3 is 0 Å². The molecular weight excluding hydrogens is 321 g/mol. The number of aryl methyl sites for hydroxylation is 2. The van der Waals surface area contributed by atoms with Gasteiger partial charge in [-0.1, -0.05) is 6.07 Å². The van der Waals surface area contributed by atoms with E-state index in [1.54, 1.807) is 6.07 Å². The van der Waals surface area contributed by atoms with Crippen molar-refractivity contribution in [2.24, 2.45) is 0 Å². The SMILES string of the molecule is CCn1nc(C)c(C(C)Nc2c(F)cccc2Br)c1C. The molecule has 0 spiro atoms. The van der Waals surface area contributed by atoms with E-state index in [4.69, 9.17) is 0 Å². The number of benzene rings is 1. The van der Waals surface area contributed by atoms with Gasteiger partial charge in [-0.25, -0.2) is 4.39 Å². The summed E-state index contributed by atoms with van der Waals surface area (Å²) in [5.74, 6) is -0.260. The monoisotopic (exact) mass is 339 g/mol. The molecule has 1 unspecified atom stereocenters. The largest absolute Gasteiger partial charge is 0.375 e. The van der Waals surface area contributed by atoms with E-state index < -0.39 is 0 Å². The van der Waals surface area contributed by atoms with E-state index in [9.17, 15) is 4.39 Å². The molecule has 1 aromatic heterocycles. The Kier molecular flexibility index (Phi) is 4.48. The van der Waals surface area contributed by atoms with Crippen molar-refractivity contribution in [3.63, 3.8) is 0 Å². The summed E-state index contributed by atoms with van der Waals surface area (Å²) in [4.78, 5) is 0. The number of nitrogens with zero attached hydrogens (tertiary/aromatic N) is 2. The minimum Gasteiger partial charge on any atom is -0.375 e. The molecule has 0 radical (unpaired) electrons. The van der Waals surface area contributed by atoms with Crippen LogP contribution in [-0.4, -0.2) is 9.78 Å². The Bertz CT molecular complexity index is 602. The zero-order valence-electron chi connectivity index (χ0n) is 12.2. The molecule has 2 rings (SSSR count). The van der Waals surface area contributed by atoms with Gasteiger partial charge in [0.25, 0.3) is 0 Å². The lowest BCUT2D eigenvalue weighted by Gasteiger charge is -2.18. The summed E-state index contributed by atoms with van der Waals surface area (Å²) in [5.41, 5.74) is 3.72. The Morgan fingerprint density at radius 2 is 2.10 bits per heavy atom. The molecule has 0 saturated heterocycles. The smallest absolute Gasteiger partial charge is 0.147 e. The number of hydrogen-bond acceptors (Lipinski definition) is 2. The second-order valence-corrected chi connectivity index (χ2v) is 5.72. The minimum atomic E-state index is -0.260. The van der Waals surface area contributed by atoms with Gasteiger partial charge in [0.1, 0.15) is 5.82 Å². The first-order chi connectivity index (χ1) is 9.45. The predicted octanol–water partition coefficient (Wildman–Crippen LogP) is 4.59. The third-order valence-electron chi connectivity index (χ3n) is 3.49. The number of hydrogen-bond donors (Lipinski definition) is 1. The molecule has 1 heterocycles. The molecule has 0 aliphatic carbocycles. The molecule has 1 N–H and O–H groups in total. The van der Waals surface area contributed by atoms with Gasteiger partial charge in [-0.15, -0.1) is 0 Å². The van der Waals surface area contributed by atoms with E-state index in [-0.39, 0.29) is 11.9 Å². The van der Waals surface area contributed by atoms with Gasteiger partial charge in [-0.2, -0.15) is 5.10 Å². The van der Waals surface area contributed by atoms with Crippen molar-refractivity contribution in [1.29, 1.82) is 0 Å². The van der Waals surface area contributed by atoms with Gasteiger partial charge < -0.3 is 5.32 Å². The van der Waals surface area contributed by atoms with Crippen LogP contribution in [-0.2, 0) is 6.54 Å². The highest BCUT2D eigenvalue weighted by Crippen LogP contribution is 2.31. The molecule has 3 nitrogen and oxygen atoms in total. The molecule has 1 atom stereocenters. The van der Waals surface area contributed by atoms with E-state index in [0.29, 0.717) is 5.69 Å². The van der Waals surface area contributed by atoms with Crippen molar-refractivity contribution in [2.45, 2.75) is 40.3 Å². The standard InChI is InChI=1S/C15H19BrFN3/c1-5-20-11(4)14(10(3)19-20)9(2)18-15-12(16)7-6-8-13(15)17/h6-9,18H,5H2,1-4H3. The molecule has 20 heavy (non-hydrogen) atoms. The van der Waals surface area contributed by atoms with Crippen molar-refractivity contribution in [1.82, 2.24) is 9.78 Å². The summed E-state index contributed by atoms with van der Waals surface area (Å²) in [5, 5.41) is 7.75. The predicted molar refractivity (Wildman–Crippen MR) is 83.5 cm³/mol. The third-order valence-corrected chi connectivity index (χ3v) is 4.15. The van der Waals surface area contributed by atoms with Crippen LogP contribution < -0.4 is 5.32 Å². The average Bonchev–Trinajstić information content (AvgIpc) is 2.68. The van der Waals surface area contributed by atoms with Gasteiger partial charge in [0.2, 0.25) is 0 Å². The van der Waals surface area contributed by atoms with E-state index in [1.165, 1.54) is 6.07 Å². The first-order valence-electron chi connectivity index (χ1n) is 6.70. The minimum absolute atomic E-state index is 0.0106. The molecule has 2 aromatic rings. The Labute approximate surface area is 127 Å². The second kappa shape index (κ2) is 5.95. The summed E-state index contributed by atoms with van der Waals surface area (Å²) >= 11 is 3.38. The highest BCUT2D eigenvalue weighted by Gasteiger charge is 2.18. The third kappa shape index (κ3) is 2.73. The molecule has 108 valence electrons. The second-order valence-electron chi connectivity index (χ2n) is 4.86. The quantitative estimate of drug-likeness (QED) is 0.882. The van der Waals surface area contributed by atoms with Crippen LogP contribution in [0.3, 0.4) is 0 Å². The maximum Gasteiger partial charge on any atom is 0.147 e. The van der Waals surface area contributed by atoms with E-state index in [2.05, 4.69) is 33.3 Å². The molecule has 1 aromatic carbocycles. The normalized spacial score (nSPS) is 12.5. The van der Waals surface area contributed by atoms with Crippen molar-refractivity contribution in [3.8, 4) is 0 Å². The van der Waals surface area contributed by atoms with Gasteiger partial charge in [-0.05, 0) is 55.8 Å². The molecule has 0 aliphatic rings. The van der Waals surface area contributed by atoms with Crippen LogP contribution in [0.15, 0.2) is 22.7 Å². The first-order valence-corrected chi connectivity index (χ1v) is 7.49. The van der Waals surface area contributed by atoms with Gasteiger partial charge in [0, 0.05) is 22.3 Å². The Balaban J connectivity index is 2.33. The zero-order chi connectivity index (χ0) is 14.9. The zero-order valence-corrected chi connectivity index (χ0v) is 13.8. The van der Waals surface area contributed by atoms with Crippen LogP contribution in [0.4, 0.5) is 10.1 Å². The summed E-state index contributed by atoms with van der Waals surface area (Å²) in [6.45, 7) is 8.96. The number of para-hydroxylation sites is 1. The summed E-state index contributed by atoms with van der Waals surface area (Å²) in [7, 11) is 0. The Morgan fingerprint density at radius 1 is 1.40 bits per heavy atom. The fraction of sp³-hybridized carbons (Fsp3) is 0.400. The number of nitrogens with one attached hydrogen (secondary N) is 1. The molecule has 0 amide bonds. The molecular formula is C15H19BrFN3. The lowest BCUT2D eigenvalue weighted by atomic mass is 10.1. The Morgan fingerprint density at radius 3 is 2.65 bits per heavy atom. The van der Waals surface area contributed by atoms with Crippen molar-refractivity contribution in [3.05, 3.63) is 45.4 Å². The number of halogens is 2. The van der Waals surface area contributed by atoms with Gasteiger partial charge in [0.05, 0.1) is 17.4 Å². The van der Waals surface area contributed by atoms with Gasteiger partial charge in [0.15, 0.2) is 0 Å².